The van der Waals surface area contributed by atoms with Crippen LogP contribution in [0, 0.1) is 5.92 Å². The molecule has 1 aliphatic heterocycles. The molecule has 1 unspecified atom stereocenters. The zero-order chi connectivity index (χ0) is 8.27. The molecule has 1 rings (SSSR count). The Morgan fingerprint density at radius 1 is 1.73 bits per heavy atom. The molecule has 1 aliphatic rings. The fourth-order valence-corrected chi connectivity index (χ4v) is 2.27. The lowest BCUT2D eigenvalue weighted by atomic mass is 10.1. The van der Waals surface area contributed by atoms with Crippen LogP contribution in [0.1, 0.15) is 20.8 Å². The van der Waals surface area contributed by atoms with Crippen molar-refractivity contribution in [2.24, 2.45) is 10.9 Å². The molecule has 0 spiro atoms. The Hall–Kier alpha value is -0.180. The minimum atomic E-state index is 0.630. The van der Waals surface area contributed by atoms with Gasteiger partial charge in [-0.1, -0.05) is 25.6 Å². The zero-order valence-corrected chi connectivity index (χ0v) is 8.24. The normalized spacial score (nSPS) is 28.0. The van der Waals surface area contributed by atoms with E-state index in [4.69, 9.17) is 0 Å². The van der Waals surface area contributed by atoms with Crippen LogP contribution >= 0.6 is 11.8 Å². The average Bonchev–Trinajstić information content (AvgIpc) is 2.37. The van der Waals surface area contributed by atoms with Gasteiger partial charge in [-0.2, -0.15) is 0 Å². The quantitative estimate of drug-likeness (QED) is 0.686. The number of rotatable bonds is 2. The van der Waals surface area contributed by atoms with Crippen molar-refractivity contribution in [3.05, 3.63) is 0 Å². The summed E-state index contributed by atoms with van der Waals surface area (Å²) in [6, 6.07) is 0.630. The molecule has 0 aromatic carbocycles. The van der Waals surface area contributed by atoms with E-state index in [0.29, 0.717) is 12.0 Å². The van der Waals surface area contributed by atoms with Crippen molar-refractivity contribution >= 4 is 16.9 Å². The number of aliphatic imine (C=N–C) groups is 1. The molecule has 1 N–H and O–H groups in total. The molecule has 64 valence electrons. The van der Waals surface area contributed by atoms with Crippen LogP contribution in [0.5, 0.6) is 0 Å². The third-order valence-electron chi connectivity index (χ3n) is 1.81. The fraction of sp³-hybridized carbons (Fsp3) is 0.875. The lowest BCUT2D eigenvalue weighted by Gasteiger charge is -2.12. The number of hydrogen-bond donors (Lipinski definition) is 1. The van der Waals surface area contributed by atoms with E-state index in [-0.39, 0.29) is 0 Å². The number of thioether (sulfide) groups is 1. The summed E-state index contributed by atoms with van der Waals surface area (Å²) >= 11 is 1.84. The second kappa shape index (κ2) is 4.00. The molecule has 3 heteroatoms. The molecule has 1 fully saturated rings. The van der Waals surface area contributed by atoms with E-state index >= 15 is 0 Å². The summed E-state index contributed by atoms with van der Waals surface area (Å²) < 4.78 is 0. The topological polar surface area (TPSA) is 24.4 Å². The third kappa shape index (κ3) is 2.40. The molecule has 1 saturated heterocycles. The maximum absolute atomic E-state index is 4.32. The van der Waals surface area contributed by atoms with Gasteiger partial charge in [-0.25, -0.2) is 0 Å². The van der Waals surface area contributed by atoms with Crippen molar-refractivity contribution in [3.8, 4) is 0 Å². The molecule has 0 amide bonds. The Bertz CT molecular complexity index is 154. The summed E-state index contributed by atoms with van der Waals surface area (Å²) in [5.74, 6) is 1.89. The van der Waals surface area contributed by atoms with Gasteiger partial charge in [-0.3, -0.25) is 4.99 Å². The van der Waals surface area contributed by atoms with Gasteiger partial charge in [-0.05, 0) is 12.8 Å². The molecule has 1 atom stereocenters. The second-order valence-electron chi connectivity index (χ2n) is 3.09. The van der Waals surface area contributed by atoms with E-state index in [9.17, 15) is 0 Å². The number of nitrogens with one attached hydrogen (secondary N) is 1. The van der Waals surface area contributed by atoms with Crippen LogP contribution in [0.4, 0.5) is 0 Å². The van der Waals surface area contributed by atoms with Gasteiger partial charge in [0.25, 0.3) is 0 Å². The Labute approximate surface area is 72.9 Å². The predicted octanol–water partition coefficient (Wildman–Crippen LogP) is 1.72. The lowest BCUT2D eigenvalue weighted by Crippen LogP contribution is -2.31. The van der Waals surface area contributed by atoms with E-state index < -0.39 is 0 Å². The van der Waals surface area contributed by atoms with E-state index in [1.54, 1.807) is 0 Å². The highest BCUT2D eigenvalue weighted by molar-refractivity contribution is 8.14. The molecular weight excluding hydrogens is 156 g/mol. The van der Waals surface area contributed by atoms with Crippen LogP contribution in [0.2, 0.25) is 0 Å². The lowest BCUT2D eigenvalue weighted by molar-refractivity contribution is 0.503. The van der Waals surface area contributed by atoms with Crippen LogP contribution in [-0.2, 0) is 0 Å². The van der Waals surface area contributed by atoms with Crippen molar-refractivity contribution < 1.29 is 0 Å². The Balaban J connectivity index is 2.40. The highest BCUT2D eigenvalue weighted by atomic mass is 32.2. The third-order valence-corrected chi connectivity index (χ3v) is 2.86. The summed E-state index contributed by atoms with van der Waals surface area (Å²) in [5, 5.41) is 4.54. The van der Waals surface area contributed by atoms with Gasteiger partial charge in [0, 0.05) is 18.3 Å². The summed E-state index contributed by atoms with van der Waals surface area (Å²) in [6.07, 6.45) is 0. The van der Waals surface area contributed by atoms with Gasteiger partial charge in [0.1, 0.15) is 0 Å². The van der Waals surface area contributed by atoms with Gasteiger partial charge in [0.15, 0.2) is 5.17 Å². The van der Waals surface area contributed by atoms with Gasteiger partial charge in [0.05, 0.1) is 0 Å². The Morgan fingerprint density at radius 3 is 2.91 bits per heavy atom. The summed E-state index contributed by atoms with van der Waals surface area (Å²) in [5.41, 5.74) is 0. The van der Waals surface area contributed by atoms with Crippen LogP contribution in [-0.4, -0.2) is 23.5 Å². The van der Waals surface area contributed by atoms with E-state index in [2.05, 4.69) is 31.1 Å². The maximum atomic E-state index is 4.32. The summed E-state index contributed by atoms with van der Waals surface area (Å²) in [4.78, 5) is 4.32. The molecule has 0 aliphatic carbocycles. The first-order valence-electron chi connectivity index (χ1n) is 4.17. The zero-order valence-electron chi connectivity index (χ0n) is 7.42. The SMILES string of the molecule is CCN=C1NC(C(C)C)CS1. The molecule has 11 heavy (non-hydrogen) atoms. The first kappa shape index (κ1) is 8.91. The Kier molecular flexibility index (Phi) is 3.24. The van der Waals surface area contributed by atoms with E-state index in [1.165, 1.54) is 5.75 Å². The van der Waals surface area contributed by atoms with Gasteiger partial charge in [-0.15, -0.1) is 0 Å². The van der Waals surface area contributed by atoms with Gasteiger partial charge >= 0.3 is 0 Å². The monoisotopic (exact) mass is 172 g/mol. The molecule has 1 heterocycles. The minimum absolute atomic E-state index is 0.630. The van der Waals surface area contributed by atoms with Crippen molar-refractivity contribution in [2.45, 2.75) is 26.8 Å². The maximum Gasteiger partial charge on any atom is 0.156 e. The fourth-order valence-electron chi connectivity index (χ4n) is 1.00. The van der Waals surface area contributed by atoms with Crippen LogP contribution in [0.3, 0.4) is 0 Å². The molecule has 0 aromatic rings. The molecule has 0 bridgehead atoms. The smallest absolute Gasteiger partial charge is 0.156 e. The largest absolute Gasteiger partial charge is 0.361 e. The number of hydrogen-bond acceptors (Lipinski definition) is 2. The molecule has 2 nitrogen and oxygen atoms in total. The summed E-state index contributed by atoms with van der Waals surface area (Å²) in [7, 11) is 0. The van der Waals surface area contributed by atoms with E-state index in [1.807, 2.05) is 11.8 Å². The first-order valence-corrected chi connectivity index (χ1v) is 5.16. The molecule has 0 aromatic heterocycles. The van der Waals surface area contributed by atoms with Crippen molar-refractivity contribution in [3.63, 3.8) is 0 Å². The predicted molar refractivity (Wildman–Crippen MR) is 52.2 cm³/mol. The number of amidine groups is 1. The van der Waals surface area contributed by atoms with Gasteiger partial charge in [0.2, 0.25) is 0 Å². The highest BCUT2D eigenvalue weighted by Gasteiger charge is 2.22. The molecule has 0 saturated carbocycles. The van der Waals surface area contributed by atoms with Crippen LogP contribution in [0.15, 0.2) is 4.99 Å². The second-order valence-corrected chi connectivity index (χ2v) is 4.09. The average molecular weight is 172 g/mol. The minimum Gasteiger partial charge on any atom is -0.361 e. The van der Waals surface area contributed by atoms with Crippen molar-refractivity contribution in [1.82, 2.24) is 5.32 Å². The van der Waals surface area contributed by atoms with Crippen molar-refractivity contribution in [2.75, 3.05) is 12.3 Å². The Morgan fingerprint density at radius 2 is 2.45 bits per heavy atom. The van der Waals surface area contributed by atoms with Crippen molar-refractivity contribution in [1.29, 1.82) is 0 Å². The summed E-state index contributed by atoms with van der Waals surface area (Å²) in [6.45, 7) is 7.44. The molecular formula is C8H16N2S. The standard InChI is InChI=1S/C8H16N2S/c1-4-9-8-10-7(5-11-8)6(2)3/h6-7H,4-5H2,1-3H3,(H,9,10). The highest BCUT2D eigenvalue weighted by Crippen LogP contribution is 2.18. The molecule has 0 radical (unpaired) electrons. The van der Waals surface area contributed by atoms with Gasteiger partial charge < -0.3 is 5.32 Å². The van der Waals surface area contributed by atoms with E-state index in [0.717, 1.165) is 11.7 Å². The van der Waals surface area contributed by atoms with Crippen LogP contribution < -0.4 is 5.32 Å². The number of nitrogens with zero attached hydrogens (tertiary/aromatic N) is 1. The van der Waals surface area contributed by atoms with Crippen LogP contribution in [0.25, 0.3) is 0 Å². The first-order chi connectivity index (χ1) is 5.24.